The largest absolute Gasteiger partial charge is 0.489 e. The summed E-state index contributed by atoms with van der Waals surface area (Å²) in [5, 5.41) is 0. The second kappa shape index (κ2) is 14.3. The van der Waals surface area contributed by atoms with Crippen LogP contribution in [0.1, 0.15) is 11.1 Å². The summed E-state index contributed by atoms with van der Waals surface area (Å²) < 4.78 is 12.7. The first-order valence-electron chi connectivity index (χ1n) is 16.8. The van der Waals surface area contributed by atoms with E-state index >= 15 is 0 Å². The second-order valence-electron chi connectivity index (χ2n) is 12.1. The second-order valence-corrected chi connectivity index (χ2v) is 12.1. The van der Waals surface area contributed by atoms with Gasteiger partial charge in [-0.15, -0.1) is 0 Å². The number of benzene rings is 7. The van der Waals surface area contributed by atoms with Crippen molar-refractivity contribution in [2.45, 2.75) is 0 Å². The van der Waals surface area contributed by atoms with E-state index in [1.165, 1.54) is 0 Å². The summed E-state index contributed by atoms with van der Waals surface area (Å²) in [7, 11) is 0. The van der Waals surface area contributed by atoms with Crippen molar-refractivity contribution in [1.82, 2.24) is 0 Å². The average Bonchev–Trinajstić information content (AvgIpc) is 3.19. The number of hydrogen-bond acceptors (Lipinski definition) is 4. The molecule has 0 radical (unpaired) electrons. The van der Waals surface area contributed by atoms with Gasteiger partial charge in [0.2, 0.25) is 0 Å². The number of aliphatic imine (C=N–C) groups is 2. The maximum Gasteiger partial charge on any atom is 0.128 e. The highest BCUT2D eigenvalue weighted by molar-refractivity contribution is 5.95. The third kappa shape index (κ3) is 6.73. The zero-order valence-corrected chi connectivity index (χ0v) is 27.4. The highest BCUT2D eigenvalue weighted by atomic mass is 16.5. The Bertz CT molecular complexity index is 2130. The van der Waals surface area contributed by atoms with E-state index in [-0.39, 0.29) is 0 Å². The lowest BCUT2D eigenvalue weighted by atomic mass is 9.93. The fraction of sp³-hybridized carbons (Fsp3) is 0.0435. The molecule has 0 spiro atoms. The molecule has 0 amide bonds. The van der Waals surface area contributed by atoms with Gasteiger partial charge in [-0.3, -0.25) is 9.98 Å². The van der Waals surface area contributed by atoms with Crippen LogP contribution in [0, 0.1) is 0 Å². The minimum Gasteiger partial charge on any atom is -0.489 e. The molecule has 1 heterocycles. The number of nitrogens with zero attached hydrogens (tertiary/aromatic N) is 2. The Morgan fingerprint density at radius 2 is 0.700 bits per heavy atom. The summed E-state index contributed by atoms with van der Waals surface area (Å²) in [6, 6.07) is 58.3. The van der Waals surface area contributed by atoms with Gasteiger partial charge >= 0.3 is 0 Å². The Kier molecular flexibility index (Phi) is 8.81. The van der Waals surface area contributed by atoms with Crippen LogP contribution < -0.4 is 9.47 Å². The SMILES string of the molecule is C1=Nc2cc(-c3ccccc3)c(-c3ccccc3)cc2N=Cc2cc(-c3ccccc3)ccc2OCCOc2ccc(-c3ccccc3)cc21. The van der Waals surface area contributed by atoms with Gasteiger partial charge in [0.1, 0.15) is 24.7 Å². The van der Waals surface area contributed by atoms with E-state index in [1.54, 1.807) is 0 Å². The van der Waals surface area contributed by atoms with Gasteiger partial charge in [-0.25, -0.2) is 0 Å². The van der Waals surface area contributed by atoms with E-state index < -0.39 is 0 Å². The predicted molar refractivity (Wildman–Crippen MR) is 207 cm³/mol. The first-order valence-corrected chi connectivity index (χ1v) is 16.8. The lowest BCUT2D eigenvalue weighted by molar-refractivity contribution is 0.217. The summed E-state index contributed by atoms with van der Waals surface area (Å²) in [5.74, 6) is 1.48. The minimum absolute atomic E-state index is 0.373. The first kappa shape index (κ1) is 30.8. The fourth-order valence-corrected chi connectivity index (χ4v) is 6.26. The van der Waals surface area contributed by atoms with E-state index in [1.807, 2.05) is 73.1 Å². The zero-order valence-electron chi connectivity index (χ0n) is 27.4. The van der Waals surface area contributed by atoms with Crippen LogP contribution in [-0.4, -0.2) is 25.6 Å². The van der Waals surface area contributed by atoms with E-state index in [0.717, 1.165) is 78.5 Å². The van der Waals surface area contributed by atoms with Crippen LogP contribution in [0.3, 0.4) is 0 Å². The minimum atomic E-state index is 0.373. The molecule has 0 N–H and O–H groups in total. The van der Waals surface area contributed by atoms with Crippen molar-refractivity contribution in [2.75, 3.05) is 13.2 Å². The predicted octanol–water partition coefficient (Wildman–Crippen LogP) is 11.6. The van der Waals surface area contributed by atoms with Crippen LogP contribution in [0.25, 0.3) is 44.5 Å². The molecule has 0 saturated carbocycles. The highest BCUT2D eigenvalue weighted by Crippen LogP contribution is 2.42. The smallest absolute Gasteiger partial charge is 0.128 e. The molecule has 1 aliphatic heterocycles. The summed E-state index contributed by atoms with van der Waals surface area (Å²) in [6.07, 6.45) is 3.78. The Labute approximate surface area is 292 Å². The molecule has 0 atom stereocenters. The van der Waals surface area contributed by atoms with Crippen molar-refractivity contribution < 1.29 is 9.47 Å². The molecule has 7 aromatic rings. The van der Waals surface area contributed by atoms with Crippen molar-refractivity contribution in [1.29, 1.82) is 0 Å². The molecule has 0 bridgehead atoms. The van der Waals surface area contributed by atoms with E-state index in [0.29, 0.717) is 13.2 Å². The average molecular weight is 647 g/mol. The van der Waals surface area contributed by atoms with Gasteiger partial charge in [-0.05, 0) is 80.9 Å². The van der Waals surface area contributed by atoms with E-state index in [4.69, 9.17) is 19.5 Å². The Hall–Kier alpha value is -6.52. The normalized spacial score (nSPS) is 12.4. The van der Waals surface area contributed by atoms with Crippen LogP contribution in [0.5, 0.6) is 11.5 Å². The van der Waals surface area contributed by atoms with Gasteiger partial charge < -0.3 is 9.47 Å². The van der Waals surface area contributed by atoms with Gasteiger partial charge in [-0.1, -0.05) is 133 Å². The third-order valence-electron chi connectivity index (χ3n) is 8.80. The van der Waals surface area contributed by atoms with E-state index in [9.17, 15) is 0 Å². The van der Waals surface area contributed by atoms with Gasteiger partial charge in [-0.2, -0.15) is 0 Å². The number of ether oxygens (including phenoxy) is 2. The van der Waals surface area contributed by atoms with Crippen LogP contribution in [0.4, 0.5) is 11.4 Å². The first-order chi connectivity index (χ1) is 24.8. The topological polar surface area (TPSA) is 43.2 Å². The molecule has 0 fully saturated rings. The van der Waals surface area contributed by atoms with Gasteiger partial charge in [0, 0.05) is 23.6 Å². The molecule has 4 heteroatoms. The fourth-order valence-electron chi connectivity index (χ4n) is 6.26. The van der Waals surface area contributed by atoms with Gasteiger partial charge in [0.15, 0.2) is 0 Å². The standard InChI is InChI=1S/C46H34N2O2/c1-5-13-33(14-6-1)37-21-23-45-39(27-37)31-47-43-29-41(35-17-9-3-10-18-35)42(36-19-11-4-12-20-36)30-44(43)48-32-40-28-38(34-15-7-2-8-16-34)22-24-46(40)50-26-25-49-45/h1-24,27-32H,25-26H2. The Morgan fingerprint density at radius 3 is 1.08 bits per heavy atom. The maximum atomic E-state index is 6.34. The van der Waals surface area contributed by atoms with Gasteiger partial charge in [0.25, 0.3) is 0 Å². The summed E-state index contributed by atoms with van der Waals surface area (Å²) >= 11 is 0. The summed E-state index contributed by atoms with van der Waals surface area (Å²) in [5.41, 5.74) is 12.0. The van der Waals surface area contributed by atoms with Crippen molar-refractivity contribution in [3.63, 3.8) is 0 Å². The van der Waals surface area contributed by atoms with Crippen LogP contribution in [0.15, 0.2) is 180 Å². The van der Waals surface area contributed by atoms with Gasteiger partial charge in [0.05, 0.1) is 11.4 Å². The van der Waals surface area contributed by atoms with Crippen molar-refractivity contribution in [2.24, 2.45) is 9.98 Å². The van der Waals surface area contributed by atoms with Crippen LogP contribution in [-0.2, 0) is 0 Å². The quantitative estimate of drug-likeness (QED) is 0.191. The Balaban J connectivity index is 1.32. The molecular formula is C46H34N2O2. The lowest BCUT2D eigenvalue weighted by Gasteiger charge is -2.16. The zero-order chi connectivity index (χ0) is 33.5. The molecule has 7 aromatic carbocycles. The number of rotatable bonds is 4. The molecule has 240 valence electrons. The molecule has 8 rings (SSSR count). The van der Waals surface area contributed by atoms with Crippen molar-refractivity contribution in [3.05, 3.63) is 181 Å². The molecular weight excluding hydrogens is 613 g/mol. The molecule has 0 aliphatic carbocycles. The van der Waals surface area contributed by atoms with E-state index in [2.05, 4.69) is 109 Å². The molecule has 0 aromatic heterocycles. The molecule has 0 unspecified atom stereocenters. The van der Waals surface area contributed by atoms with Crippen LogP contribution >= 0.6 is 0 Å². The monoisotopic (exact) mass is 646 g/mol. The summed E-state index contributed by atoms with van der Waals surface area (Å²) in [6.45, 7) is 0.745. The number of fused-ring (bicyclic) bond motifs is 3. The van der Waals surface area contributed by atoms with Crippen LogP contribution in [0.2, 0.25) is 0 Å². The molecule has 4 nitrogen and oxygen atoms in total. The molecule has 0 saturated heterocycles. The number of hydrogen-bond donors (Lipinski definition) is 0. The lowest BCUT2D eigenvalue weighted by Crippen LogP contribution is -2.11. The Morgan fingerprint density at radius 1 is 0.340 bits per heavy atom. The third-order valence-corrected chi connectivity index (χ3v) is 8.80. The molecule has 50 heavy (non-hydrogen) atoms. The summed E-state index contributed by atoms with van der Waals surface area (Å²) in [4.78, 5) is 10.3. The van der Waals surface area contributed by atoms with Crippen molar-refractivity contribution in [3.8, 4) is 56.0 Å². The van der Waals surface area contributed by atoms with Crippen molar-refractivity contribution >= 4 is 23.8 Å². The highest BCUT2D eigenvalue weighted by Gasteiger charge is 2.15. The maximum absolute atomic E-state index is 6.34. The molecule has 1 aliphatic rings.